The Bertz CT molecular complexity index is 453. The number of piperazine rings is 1. The van der Waals surface area contributed by atoms with E-state index in [1.165, 1.54) is 6.07 Å². The summed E-state index contributed by atoms with van der Waals surface area (Å²) in [6.07, 6.45) is 0. The van der Waals surface area contributed by atoms with Gasteiger partial charge in [-0.3, -0.25) is 0 Å². The highest BCUT2D eigenvalue weighted by Crippen LogP contribution is 2.19. The summed E-state index contributed by atoms with van der Waals surface area (Å²) in [4.78, 5) is 19.1. The third-order valence-electron chi connectivity index (χ3n) is 3.26. The fourth-order valence-corrected chi connectivity index (χ4v) is 2.39. The molecule has 0 bridgehead atoms. The minimum Gasteiger partial charge on any atom is -0.353 e. The standard InChI is InChI=1S/C11H13FN4O/c12-9-2-1-3-10(14-9)15-4-5-16-8(7-15)6-13-11(16)17/h1-3,8H,4-7H2,(H,13,17). The maximum Gasteiger partial charge on any atom is 0.317 e. The molecule has 0 aromatic carbocycles. The normalized spacial score (nSPS) is 23.6. The minimum atomic E-state index is -0.467. The van der Waals surface area contributed by atoms with Crippen LogP contribution in [0.3, 0.4) is 0 Å². The number of hydrogen-bond donors (Lipinski definition) is 1. The van der Waals surface area contributed by atoms with Crippen LogP contribution in [0.15, 0.2) is 18.2 Å². The summed E-state index contributed by atoms with van der Waals surface area (Å²) >= 11 is 0. The quantitative estimate of drug-likeness (QED) is 0.719. The van der Waals surface area contributed by atoms with Crippen molar-refractivity contribution in [2.24, 2.45) is 0 Å². The molecule has 3 heterocycles. The number of halogens is 1. The summed E-state index contributed by atoms with van der Waals surface area (Å²) in [7, 11) is 0. The molecule has 2 fully saturated rings. The first-order chi connectivity index (χ1) is 8.24. The maximum atomic E-state index is 13.0. The van der Waals surface area contributed by atoms with Gasteiger partial charge in [-0.15, -0.1) is 0 Å². The highest BCUT2D eigenvalue weighted by molar-refractivity contribution is 5.77. The van der Waals surface area contributed by atoms with Crippen molar-refractivity contribution in [1.29, 1.82) is 0 Å². The van der Waals surface area contributed by atoms with Gasteiger partial charge in [-0.2, -0.15) is 4.39 Å². The van der Waals surface area contributed by atoms with Crippen molar-refractivity contribution >= 4 is 11.8 Å². The third-order valence-corrected chi connectivity index (χ3v) is 3.26. The summed E-state index contributed by atoms with van der Waals surface area (Å²) in [6, 6.07) is 4.95. The molecule has 0 radical (unpaired) electrons. The highest BCUT2D eigenvalue weighted by atomic mass is 19.1. The van der Waals surface area contributed by atoms with Crippen molar-refractivity contribution in [2.45, 2.75) is 6.04 Å². The molecule has 0 aliphatic carbocycles. The molecule has 2 saturated heterocycles. The van der Waals surface area contributed by atoms with Crippen LogP contribution in [-0.4, -0.2) is 48.1 Å². The second-order valence-corrected chi connectivity index (χ2v) is 4.30. The van der Waals surface area contributed by atoms with Crippen molar-refractivity contribution in [1.82, 2.24) is 15.2 Å². The Hall–Kier alpha value is -1.85. The van der Waals surface area contributed by atoms with Crippen LogP contribution in [0.5, 0.6) is 0 Å². The number of nitrogens with one attached hydrogen (secondary N) is 1. The topological polar surface area (TPSA) is 48.5 Å². The molecule has 0 saturated carbocycles. The van der Waals surface area contributed by atoms with E-state index in [4.69, 9.17) is 0 Å². The summed E-state index contributed by atoms with van der Waals surface area (Å²) in [5, 5.41) is 2.81. The molecule has 2 aliphatic rings. The molecule has 1 unspecified atom stereocenters. The first kappa shape index (κ1) is 10.3. The van der Waals surface area contributed by atoms with Gasteiger partial charge in [0.1, 0.15) is 5.82 Å². The number of carbonyl (C=O) groups excluding carboxylic acids is 1. The van der Waals surface area contributed by atoms with Crippen molar-refractivity contribution in [3.63, 3.8) is 0 Å². The summed E-state index contributed by atoms with van der Waals surface area (Å²) < 4.78 is 13.0. The number of carbonyl (C=O) groups is 1. The average molecular weight is 236 g/mol. The second kappa shape index (κ2) is 3.87. The summed E-state index contributed by atoms with van der Waals surface area (Å²) in [5.74, 6) is 0.176. The molecule has 1 aromatic rings. The molecule has 2 aliphatic heterocycles. The molecule has 2 amide bonds. The Morgan fingerprint density at radius 3 is 3.12 bits per heavy atom. The fraction of sp³-hybridized carbons (Fsp3) is 0.455. The van der Waals surface area contributed by atoms with Gasteiger partial charge in [-0.1, -0.05) is 6.07 Å². The number of nitrogens with zero attached hydrogens (tertiary/aromatic N) is 3. The number of fused-ring (bicyclic) bond motifs is 1. The molecule has 17 heavy (non-hydrogen) atoms. The zero-order chi connectivity index (χ0) is 11.8. The van der Waals surface area contributed by atoms with E-state index in [2.05, 4.69) is 10.3 Å². The molecule has 1 atom stereocenters. The van der Waals surface area contributed by atoms with Crippen LogP contribution in [-0.2, 0) is 0 Å². The number of urea groups is 1. The van der Waals surface area contributed by atoms with E-state index in [1.807, 2.05) is 9.80 Å². The third kappa shape index (κ3) is 1.79. The number of amides is 2. The van der Waals surface area contributed by atoms with Crippen molar-refractivity contribution in [3.05, 3.63) is 24.1 Å². The Morgan fingerprint density at radius 2 is 2.29 bits per heavy atom. The predicted molar refractivity (Wildman–Crippen MR) is 60.3 cm³/mol. The second-order valence-electron chi connectivity index (χ2n) is 4.30. The fourth-order valence-electron chi connectivity index (χ4n) is 2.39. The highest BCUT2D eigenvalue weighted by Gasteiger charge is 2.35. The van der Waals surface area contributed by atoms with Crippen molar-refractivity contribution in [2.75, 3.05) is 31.1 Å². The van der Waals surface area contributed by atoms with Gasteiger partial charge in [0.25, 0.3) is 0 Å². The van der Waals surface area contributed by atoms with Crippen LogP contribution in [0.1, 0.15) is 0 Å². The molecule has 0 spiro atoms. The van der Waals surface area contributed by atoms with Crippen LogP contribution in [0, 0.1) is 5.95 Å². The van der Waals surface area contributed by atoms with E-state index in [0.29, 0.717) is 32.0 Å². The number of hydrogen-bond acceptors (Lipinski definition) is 3. The van der Waals surface area contributed by atoms with Gasteiger partial charge in [-0.25, -0.2) is 9.78 Å². The molecular formula is C11H13FN4O. The van der Waals surface area contributed by atoms with E-state index in [-0.39, 0.29) is 12.1 Å². The zero-order valence-corrected chi connectivity index (χ0v) is 9.27. The van der Waals surface area contributed by atoms with Gasteiger partial charge in [-0.05, 0) is 12.1 Å². The van der Waals surface area contributed by atoms with Gasteiger partial charge >= 0.3 is 6.03 Å². The summed E-state index contributed by atoms with van der Waals surface area (Å²) in [6.45, 7) is 2.72. The van der Waals surface area contributed by atoms with Crippen molar-refractivity contribution in [3.8, 4) is 0 Å². The molecule has 1 aromatic heterocycles. The molecule has 6 heteroatoms. The first-order valence-corrected chi connectivity index (χ1v) is 5.66. The Labute approximate surface area is 98.2 Å². The van der Waals surface area contributed by atoms with Gasteiger partial charge in [0.2, 0.25) is 5.95 Å². The van der Waals surface area contributed by atoms with E-state index >= 15 is 0 Å². The van der Waals surface area contributed by atoms with E-state index in [9.17, 15) is 9.18 Å². The molecule has 1 N–H and O–H groups in total. The Kier molecular flexibility index (Phi) is 2.35. The number of rotatable bonds is 1. The number of pyridine rings is 1. The average Bonchev–Trinajstić information content (AvgIpc) is 2.71. The van der Waals surface area contributed by atoms with E-state index in [1.54, 1.807) is 12.1 Å². The van der Waals surface area contributed by atoms with Gasteiger partial charge < -0.3 is 15.1 Å². The van der Waals surface area contributed by atoms with Crippen LogP contribution < -0.4 is 10.2 Å². The lowest BCUT2D eigenvalue weighted by Crippen LogP contribution is -2.52. The van der Waals surface area contributed by atoms with Gasteiger partial charge in [0.05, 0.1) is 6.04 Å². The first-order valence-electron chi connectivity index (χ1n) is 5.66. The molecule has 5 nitrogen and oxygen atoms in total. The number of aromatic nitrogens is 1. The summed E-state index contributed by atoms with van der Waals surface area (Å²) in [5.41, 5.74) is 0. The van der Waals surface area contributed by atoms with Gasteiger partial charge in [0, 0.05) is 26.2 Å². The molecular weight excluding hydrogens is 223 g/mol. The lowest BCUT2D eigenvalue weighted by atomic mass is 10.2. The van der Waals surface area contributed by atoms with Crippen LogP contribution in [0.25, 0.3) is 0 Å². The van der Waals surface area contributed by atoms with Crippen LogP contribution in [0.2, 0.25) is 0 Å². The minimum absolute atomic E-state index is 0.00171. The van der Waals surface area contributed by atoms with E-state index < -0.39 is 5.95 Å². The Balaban J connectivity index is 1.77. The largest absolute Gasteiger partial charge is 0.353 e. The lowest BCUT2D eigenvalue weighted by molar-refractivity contribution is 0.197. The van der Waals surface area contributed by atoms with E-state index in [0.717, 1.165) is 0 Å². The van der Waals surface area contributed by atoms with Crippen LogP contribution >= 0.6 is 0 Å². The smallest absolute Gasteiger partial charge is 0.317 e. The monoisotopic (exact) mass is 236 g/mol. The van der Waals surface area contributed by atoms with Crippen LogP contribution in [0.4, 0.5) is 15.0 Å². The predicted octanol–water partition coefficient (Wildman–Crippen LogP) is 0.434. The zero-order valence-electron chi connectivity index (χ0n) is 9.27. The Morgan fingerprint density at radius 1 is 1.41 bits per heavy atom. The molecule has 90 valence electrons. The SMILES string of the molecule is O=C1NCC2CN(c3cccc(F)n3)CCN12. The van der Waals surface area contributed by atoms with Crippen molar-refractivity contribution < 1.29 is 9.18 Å². The molecule has 3 rings (SSSR count). The maximum absolute atomic E-state index is 13.0. The van der Waals surface area contributed by atoms with Gasteiger partial charge in [0.15, 0.2) is 0 Å². The number of anilines is 1. The lowest BCUT2D eigenvalue weighted by Gasteiger charge is -2.37.